The number of aryl methyl sites for hydroxylation is 2. The van der Waals surface area contributed by atoms with E-state index in [0.717, 1.165) is 5.56 Å². The number of rotatable bonds is 6. The van der Waals surface area contributed by atoms with Crippen molar-refractivity contribution in [1.29, 1.82) is 0 Å². The largest absolute Gasteiger partial charge is 0.461 e. The summed E-state index contributed by atoms with van der Waals surface area (Å²) in [5, 5.41) is 9.81. The molecule has 8 nitrogen and oxygen atoms in total. The summed E-state index contributed by atoms with van der Waals surface area (Å²) in [5.41, 5.74) is 1.67. The van der Waals surface area contributed by atoms with Gasteiger partial charge in [0, 0.05) is 32.1 Å². The van der Waals surface area contributed by atoms with Crippen molar-refractivity contribution < 1.29 is 14.3 Å². The highest BCUT2D eigenvalue weighted by molar-refractivity contribution is 5.97. The Hall–Kier alpha value is -2.32. The van der Waals surface area contributed by atoms with Gasteiger partial charge in [-0.2, -0.15) is 5.10 Å². The molecular formula is C15H22ClN5O3. The molecule has 0 aliphatic heterocycles. The minimum atomic E-state index is -0.532. The van der Waals surface area contributed by atoms with Crippen molar-refractivity contribution in [2.75, 3.05) is 19.0 Å². The summed E-state index contributed by atoms with van der Waals surface area (Å²) in [6, 6.07) is 1.06. The molecule has 0 saturated carbocycles. The quantitative estimate of drug-likeness (QED) is 0.761. The van der Waals surface area contributed by atoms with Gasteiger partial charge in [0.05, 0.1) is 18.5 Å². The zero-order chi connectivity index (χ0) is 17.0. The molecule has 2 aromatic rings. The van der Waals surface area contributed by atoms with Crippen molar-refractivity contribution in [2.24, 2.45) is 14.1 Å². The first-order valence-corrected chi connectivity index (χ1v) is 7.26. The predicted molar refractivity (Wildman–Crippen MR) is 92.3 cm³/mol. The highest BCUT2D eigenvalue weighted by Gasteiger charge is 2.21. The van der Waals surface area contributed by atoms with Crippen LogP contribution in [0.3, 0.4) is 0 Å². The number of nitrogens with zero attached hydrogens (tertiary/aromatic N) is 3. The first-order chi connectivity index (χ1) is 11.0. The molecule has 0 bridgehead atoms. The van der Waals surface area contributed by atoms with E-state index in [1.165, 1.54) is 0 Å². The van der Waals surface area contributed by atoms with Gasteiger partial charge < -0.3 is 19.9 Å². The molecular weight excluding hydrogens is 334 g/mol. The van der Waals surface area contributed by atoms with Crippen molar-refractivity contribution in [3.8, 4) is 0 Å². The van der Waals surface area contributed by atoms with E-state index in [2.05, 4.69) is 15.7 Å². The van der Waals surface area contributed by atoms with Crippen LogP contribution in [-0.2, 0) is 23.6 Å². The molecule has 0 spiro atoms. The molecule has 1 unspecified atom stereocenters. The van der Waals surface area contributed by atoms with Gasteiger partial charge in [0.1, 0.15) is 11.7 Å². The maximum absolute atomic E-state index is 12.4. The second-order valence-electron chi connectivity index (χ2n) is 5.10. The maximum atomic E-state index is 12.4. The third-order valence-corrected chi connectivity index (χ3v) is 3.37. The molecule has 0 fully saturated rings. The number of anilines is 1. The Morgan fingerprint density at radius 2 is 2.04 bits per heavy atom. The fourth-order valence-electron chi connectivity index (χ4n) is 2.29. The molecule has 0 radical (unpaired) electrons. The molecule has 24 heavy (non-hydrogen) atoms. The standard InChI is InChI=1S/C15H21N5O3.ClH/c1-5-23-15(22)12-6-11(9-19(12)3)18-14(21)13(16-2)10-7-17-20(4)8-10;/h6-9,13,16H,5H2,1-4H3,(H,18,21);1H. The first-order valence-electron chi connectivity index (χ1n) is 7.26. The van der Waals surface area contributed by atoms with E-state index in [9.17, 15) is 9.59 Å². The Bertz CT molecular complexity index is 710. The van der Waals surface area contributed by atoms with Gasteiger partial charge in [-0.1, -0.05) is 0 Å². The summed E-state index contributed by atoms with van der Waals surface area (Å²) in [4.78, 5) is 24.2. The van der Waals surface area contributed by atoms with E-state index in [1.54, 1.807) is 62.0 Å². The van der Waals surface area contributed by atoms with Gasteiger partial charge in [0.15, 0.2) is 0 Å². The number of ether oxygens (including phenoxy) is 1. The molecule has 2 heterocycles. The van der Waals surface area contributed by atoms with E-state index in [1.807, 2.05) is 0 Å². The second-order valence-corrected chi connectivity index (χ2v) is 5.10. The number of aromatic nitrogens is 3. The summed E-state index contributed by atoms with van der Waals surface area (Å²) < 4.78 is 8.22. The van der Waals surface area contributed by atoms with Crippen molar-refractivity contribution in [2.45, 2.75) is 13.0 Å². The Balaban J connectivity index is 0.00000288. The number of amides is 1. The highest BCUT2D eigenvalue weighted by atomic mass is 35.5. The average molecular weight is 356 g/mol. The van der Waals surface area contributed by atoms with E-state index in [0.29, 0.717) is 18.0 Å². The third-order valence-electron chi connectivity index (χ3n) is 3.37. The molecule has 0 aliphatic carbocycles. The SMILES string of the molecule is CCOC(=O)c1cc(NC(=O)C(NC)c2cnn(C)c2)cn1C.Cl. The smallest absolute Gasteiger partial charge is 0.355 e. The fourth-order valence-corrected chi connectivity index (χ4v) is 2.29. The number of halogens is 1. The molecule has 2 rings (SSSR count). The molecule has 2 N–H and O–H groups in total. The molecule has 1 atom stereocenters. The molecule has 2 aromatic heterocycles. The molecule has 1 amide bonds. The fraction of sp³-hybridized carbons (Fsp3) is 0.400. The molecule has 0 saturated heterocycles. The summed E-state index contributed by atoms with van der Waals surface area (Å²) in [5.74, 6) is -0.658. The van der Waals surface area contributed by atoms with Gasteiger partial charge in [-0.05, 0) is 20.0 Å². The Morgan fingerprint density at radius 3 is 2.58 bits per heavy atom. The molecule has 9 heteroatoms. The van der Waals surface area contributed by atoms with Crippen molar-refractivity contribution in [3.05, 3.63) is 35.9 Å². The zero-order valence-electron chi connectivity index (χ0n) is 14.1. The minimum Gasteiger partial charge on any atom is -0.461 e. The second kappa shape index (κ2) is 8.51. The van der Waals surface area contributed by atoms with Crippen LogP contribution in [0.15, 0.2) is 24.7 Å². The Kier molecular flexibility index (Phi) is 6.99. The molecule has 0 aliphatic rings. The van der Waals surface area contributed by atoms with Crippen LogP contribution < -0.4 is 10.6 Å². The number of nitrogens with one attached hydrogen (secondary N) is 2. The lowest BCUT2D eigenvalue weighted by molar-refractivity contribution is -0.118. The lowest BCUT2D eigenvalue weighted by Crippen LogP contribution is -2.30. The molecule has 0 aromatic carbocycles. The summed E-state index contributed by atoms with van der Waals surface area (Å²) >= 11 is 0. The number of carbonyl (C=O) groups excluding carboxylic acids is 2. The topological polar surface area (TPSA) is 90.2 Å². The van der Waals surface area contributed by atoms with Crippen LogP contribution in [0.2, 0.25) is 0 Å². The lowest BCUT2D eigenvalue weighted by Gasteiger charge is -2.13. The zero-order valence-corrected chi connectivity index (χ0v) is 14.9. The minimum absolute atomic E-state index is 0. The van der Waals surface area contributed by atoms with Gasteiger partial charge in [-0.3, -0.25) is 9.48 Å². The highest BCUT2D eigenvalue weighted by Crippen LogP contribution is 2.18. The van der Waals surface area contributed by atoms with Crippen LogP contribution in [0, 0.1) is 0 Å². The van der Waals surface area contributed by atoms with Crippen LogP contribution in [0.1, 0.15) is 29.0 Å². The van der Waals surface area contributed by atoms with Crippen LogP contribution in [0.5, 0.6) is 0 Å². The van der Waals surface area contributed by atoms with Gasteiger partial charge in [0.2, 0.25) is 5.91 Å². The average Bonchev–Trinajstić information content (AvgIpc) is 3.06. The predicted octanol–water partition coefficient (Wildman–Crippen LogP) is 1.26. The normalized spacial score (nSPS) is 11.5. The van der Waals surface area contributed by atoms with Gasteiger partial charge in [-0.15, -0.1) is 12.4 Å². The monoisotopic (exact) mass is 355 g/mol. The summed E-state index contributed by atoms with van der Waals surface area (Å²) in [6.45, 7) is 2.05. The number of hydrogen-bond acceptors (Lipinski definition) is 5. The van der Waals surface area contributed by atoms with E-state index >= 15 is 0 Å². The number of carbonyl (C=O) groups is 2. The number of esters is 1. The van der Waals surface area contributed by atoms with E-state index in [-0.39, 0.29) is 18.3 Å². The van der Waals surface area contributed by atoms with Crippen molar-refractivity contribution in [1.82, 2.24) is 19.7 Å². The van der Waals surface area contributed by atoms with Crippen molar-refractivity contribution in [3.63, 3.8) is 0 Å². The third kappa shape index (κ3) is 4.36. The van der Waals surface area contributed by atoms with Gasteiger partial charge in [-0.25, -0.2) is 4.79 Å². The Morgan fingerprint density at radius 1 is 1.33 bits per heavy atom. The number of hydrogen-bond donors (Lipinski definition) is 2. The van der Waals surface area contributed by atoms with Crippen LogP contribution in [-0.4, -0.2) is 39.9 Å². The first kappa shape index (κ1) is 19.7. The van der Waals surface area contributed by atoms with Gasteiger partial charge in [0.25, 0.3) is 0 Å². The summed E-state index contributed by atoms with van der Waals surface area (Å²) in [7, 11) is 5.21. The number of likely N-dealkylation sites (N-methyl/N-ethyl adjacent to an activating group) is 1. The molecule has 132 valence electrons. The summed E-state index contributed by atoms with van der Waals surface area (Å²) in [6.07, 6.45) is 5.08. The van der Waals surface area contributed by atoms with Gasteiger partial charge >= 0.3 is 5.97 Å². The van der Waals surface area contributed by atoms with E-state index < -0.39 is 12.0 Å². The Labute approximate surface area is 146 Å². The maximum Gasteiger partial charge on any atom is 0.355 e. The van der Waals surface area contributed by atoms with Crippen LogP contribution in [0.4, 0.5) is 5.69 Å². The van der Waals surface area contributed by atoms with E-state index in [4.69, 9.17) is 4.74 Å². The van der Waals surface area contributed by atoms with Crippen LogP contribution >= 0.6 is 12.4 Å². The van der Waals surface area contributed by atoms with Crippen LogP contribution in [0.25, 0.3) is 0 Å². The lowest BCUT2D eigenvalue weighted by atomic mass is 10.1. The van der Waals surface area contributed by atoms with Crippen molar-refractivity contribution >= 4 is 30.0 Å².